The molecule has 0 aliphatic rings. The van der Waals surface area contributed by atoms with E-state index in [4.69, 9.17) is 11.6 Å². The fraction of sp³-hybridized carbons (Fsp3) is 0. The number of halogens is 2. The van der Waals surface area contributed by atoms with Gasteiger partial charge in [0.2, 0.25) is 0 Å². The molecule has 1 amide bonds. The van der Waals surface area contributed by atoms with Crippen LogP contribution in [0.3, 0.4) is 0 Å². The molecule has 6 nitrogen and oxygen atoms in total. The van der Waals surface area contributed by atoms with Crippen LogP contribution in [0.25, 0.3) is 11.1 Å². The Morgan fingerprint density at radius 2 is 1.80 bits per heavy atom. The van der Waals surface area contributed by atoms with Crippen LogP contribution in [0, 0.1) is 5.82 Å². The van der Waals surface area contributed by atoms with Crippen LogP contribution in [0.5, 0.6) is 0 Å². The highest BCUT2D eigenvalue weighted by Crippen LogP contribution is 2.27. The predicted molar refractivity (Wildman–Crippen MR) is 114 cm³/mol. The molecule has 0 saturated heterocycles. The summed E-state index contributed by atoms with van der Waals surface area (Å²) in [5.74, 6) is 0.293. The Hall–Kier alpha value is -3.84. The Bertz CT molecular complexity index is 1200. The minimum Gasteiger partial charge on any atom is -0.325 e. The van der Waals surface area contributed by atoms with Crippen LogP contribution < -0.4 is 10.6 Å². The molecule has 0 spiro atoms. The summed E-state index contributed by atoms with van der Waals surface area (Å²) in [5.41, 5.74) is 2.40. The zero-order valence-corrected chi connectivity index (χ0v) is 16.3. The summed E-state index contributed by atoms with van der Waals surface area (Å²) in [6.45, 7) is 0. The summed E-state index contributed by atoms with van der Waals surface area (Å²) in [4.78, 5) is 25.2. The third-order valence-electron chi connectivity index (χ3n) is 4.22. The Morgan fingerprint density at radius 3 is 2.60 bits per heavy atom. The second kappa shape index (κ2) is 8.67. The summed E-state index contributed by atoms with van der Waals surface area (Å²) in [7, 11) is 0. The summed E-state index contributed by atoms with van der Waals surface area (Å²) < 4.78 is 13.2. The molecule has 4 aromatic rings. The van der Waals surface area contributed by atoms with Gasteiger partial charge in [0.05, 0.1) is 11.9 Å². The average Bonchev–Trinajstić information content (AvgIpc) is 2.75. The number of nitrogens with one attached hydrogen (secondary N) is 2. The number of nitrogens with zero attached hydrogens (tertiary/aromatic N) is 3. The molecular weight excluding hydrogens is 405 g/mol. The molecule has 3 heterocycles. The maximum atomic E-state index is 13.2. The number of benzene rings is 1. The van der Waals surface area contributed by atoms with Crippen molar-refractivity contribution in [2.45, 2.75) is 0 Å². The van der Waals surface area contributed by atoms with Gasteiger partial charge in [-0.1, -0.05) is 29.8 Å². The smallest absolute Gasteiger partial charge is 0.255 e. The molecule has 3 aromatic heterocycles. The molecule has 0 fully saturated rings. The molecule has 0 atom stereocenters. The summed E-state index contributed by atoms with van der Waals surface area (Å²) in [6, 6.07) is 16.1. The summed E-state index contributed by atoms with van der Waals surface area (Å²) in [5, 5.41) is 6.21. The van der Waals surface area contributed by atoms with Crippen molar-refractivity contribution in [2.24, 2.45) is 0 Å². The Labute approximate surface area is 176 Å². The zero-order valence-electron chi connectivity index (χ0n) is 15.5. The standard InChI is InChI=1S/C22H15ClFN5O/c23-19-2-1-3-20(28-19)29-21-12-15(8-11-26-21)22(30)27-18-13-25-10-9-17(18)14-4-6-16(24)7-5-14/h1-13H,(H,27,30)(H,26,28,29). The van der Waals surface area contributed by atoms with Gasteiger partial charge in [0.15, 0.2) is 0 Å². The number of carbonyl (C=O) groups is 1. The van der Waals surface area contributed by atoms with E-state index >= 15 is 0 Å². The quantitative estimate of drug-likeness (QED) is 0.427. The molecule has 4 rings (SSSR count). The molecule has 0 aliphatic carbocycles. The van der Waals surface area contributed by atoms with E-state index in [1.165, 1.54) is 18.3 Å². The molecule has 8 heteroatoms. The summed E-state index contributed by atoms with van der Waals surface area (Å²) in [6.07, 6.45) is 4.68. The molecular formula is C22H15ClFN5O. The first-order valence-corrected chi connectivity index (χ1v) is 9.33. The zero-order chi connectivity index (χ0) is 20.9. The number of anilines is 3. The van der Waals surface area contributed by atoms with E-state index in [2.05, 4.69) is 25.6 Å². The number of hydrogen-bond donors (Lipinski definition) is 2. The fourth-order valence-corrected chi connectivity index (χ4v) is 2.98. The van der Waals surface area contributed by atoms with Crippen molar-refractivity contribution in [3.8, 4) is 11.1 Å². The van der Waals surface area contributed by atoms with Crippen LogP contribution in [0.1, 0.15) is 10.4 Å². The van der Waals surface area contributed by atoms with Crippen molar-refractivity contribution in [3.63, 3.8) is 0 Å². The van der Waals surface area contributed by atoms with Gasteiger partial charge in [-0.05, 0) is 48.0 Å². The monoisotopic (exact) mass is 419 g/mol. The van der Waals surface area contributed by atoms with Gasteiger partial charge in [-0.25, -0.2) is 14.4 Å². The highest BCUT2D eigenvalue weighted by Gasteiger charge is 2.12. The first-order chi connectivity index (χ1) is 14.6. The molecule has 1 aromatic carbocycles. The molecule has 2 N–H and O–H groups in total. The summed E-state index contributed by atoms with van der Waals surface area (Å²) >= 11 is 5.89. The van der Waals surface area contributed by atoms with Crippen molar-refractivity contribution in [1.29, 1.82) is 0 Å². The SMILES string of the molecule is O=C(Nc1cnccc1-c1ccc(F)cc1)c1ccnc(Nc2cccc(Cl)n2)c1. The third kappa shape index (κ3) is 4.59. The number of rotatable bonds is 5. The van der Waals surface area contributed by atoms with E-state index in [0.717, 1.165) is 11.1 Å². The number of carbonyl (C=O) groups excluding carboxylic acids is 1. The van der Waals surface area contributed by atoms with Crippen LogP contribution in [0.15, 0.2) is 79.3 Å². The Balaban J connectivity index is 1.56. The van der Waals surface area contributed by atoms with E-state index in [0.29, 0.717) is 28.0 Å². The third-order valence-corrected chi connectivity index (χ3v) is 4.43. The van der Waals surface area contributed by atoms with Crippen LogP contribution >= 0.6 is 11.6 Å². The molecule has 0 unspecified atom stereocenters. The van der Waals surface area contributed by atoms with Crippen LogP contribution in [-0.4, -0.2) is 20.9 Å². The first kappa shape index (κ1) is 19.5. The van der Waals surface area contributed by atoms with E-state index in [-0.39, 0.29) is 11.7 Å². The maximum absolute atomic E-state index is 13.2. The average molecular weight is 420 g/mol. The molecule has 0 radical (unpaired) electrons. The highest BCUT2D eigenvalue weighted by atomic mass is 35.5. The van der Waals surface area contributed by atoms with E-state index < -0.39 is 0 Å². The van der Waals surface area contributed by atoms with Gasteiger partial charge in [-0.15, -0.1) is 0 Å². The van der Waals surface area contributed by atoms with Crippen LogP contribution in [0.2, 0.25) is 5.15 Å². The maximum Gasteiger partial charge on any atom is 0.255 e. The van der Waals surface area contributed by atoms with Crippen molar-refractivity contribution in [3.05, 3.63) is 95.8 Å². The molecule has 0 saturated carbocycles. The van der Waals surface area contributed by atoms with Crippen molar-refractivity contribution < 1.29 is 9.18 Å². The number of aromatic nitrogens is 3. The minimum absolute atomic E-state index is 0.329. The van der Waals surface area contributed by atoms with Gasteiger partial charge in [-0.3, -0.25) is 9.78 Å². The lowest BCUT2D eigenvalue weighted by atomic mass is 10.1. The van der Waals surface area contributed by atoms with Gasteiger partial charge in [0.25, 0.3) is 5.91 Å². The van der Waals surface area contributed by atoms with Gasteiger partial charge < -0.3 is 10.6 Å². The van der Waals surface area contributed by atoms with Gasteiger partial charge in [0.1, 0.15) is 22.6 Å². The second-order valence-corrected chi connectivity index (χ2v) is 6.67. The highest BCUT2D eigenvalue weighted by molar-refractivity contribution is 6.29. The van der Waals surface area contributed by atoms with Crippen molar-refractivity contribution >= 4 is 34.8 Å². The molecule has 148 valence electrons. The lowest BCUT2D eigenvalue weighted by molar-refractivity contribution is 0.102. The Kier molecular flexibility index (Phi) is 5.63. The molecule has 0 aliphatic heterocycles. The van der Waals surface area contributed by atoms with E-state index in [9.17, 15) is 9.18 Å². The van der Waals surface area contributed by atoms with Gasteiger partial charge >= 0.3 is 0 Å². The number of amides is 1. The Morgan fingerprint density at radius 1 is 0.967 bits per heavy atom. The lowest BCUT2D eigenvalue weighted by Gasteiger charge is -2.11. The second-order valence-electron chi connectivity index (χ2n) is 6.28. The fourth-order valence-electron chi connectivity index (χ4n) is 2.82. The topological polar surface area (TPSA) is 79.8 Å². The van der Waals surface area contributed by atoms with E-state index in [1.54, 1.807) is 60.9 Å². The number of hydrogen-bond acceptors (Lipinski definition) is 5. The van der Waals surface area contributed by atoms with Crippen molar-refractivity contribution in [1.82, 2.24) is 15.0 Å². The van der Waals surface area contributed by atoms with Gasteiger partial charge in [0, 0.05) is 23.5 Å². The van der Waals surface area contributed by atoms with Gasteiger partial charge in [-0.2, -0.15) is 0 Å². The normalized spacial score (nSPS) is 10.5. The number of pyridine rings is 3. The minimum atomic E-state index is -0.337. The predicted octanol–water partition coefficient (Wildman–Crippen LogP) is 5.33. The van der Waals surface area contributed by atoms with Crippen LogP contribution in [-0.2, 0) is 0 Å². The largest absolute Gasteiger partial charge is 0.325 e. The molecule has 30 heavy (non-hydrogen) atoms. The molecule has 0 bridgehead atoms. The van der Waals surface area contributed by atoms with Crippen molar-refractivity contribution in [2.75, 3.05) is 10.6 Å². The lowest BCUT2D eigenvalue weighted by Crippen LogP contribution is -2.13. The van der Waals surface area contributed by atoms with E-state index in [1.807, 2.05) is 0 Å². The van der Waals surface area contributed by atoms with Crippen LogP contribution in [0.4, 0.5) is 21.7 Å². The first-order valence-electron chi connectivity index (χ1n) is 8.95.